The summed E-state index contributed by atoms with van der Waals surface area (Å²) in [5.41, 5.74) is 6.76. The van der Waals surface area contributed by atoms with E-state index < -0.39 is 0 Å². The van der Waals surface area contributed by atoms with Crippen LogP contribution in [0.1, 0.15) is 5.56 Å². The molecule has 2 aromatic heterocycles. The molecule has 2 aromatic carbocycles. The SMILES string of the molecule is Cc1ccccc1-c1ccnc(N2CCN(C)CC2)c1-c1nc2ccccc2[nH]1. The first kappa shape index (κ1) is 17.9. The van der Waals surface area contributed by atoms with Gasteiger partial charge in [-0.2, -0.15) is 0 Å². The highest BCUT2D eigenvalue weighted by atomic mass is 15.3. The number of fused-ring (bicyclic) bond motifs is 1. The first-order chi connectivity index (χ1) is 14.2. The van der Waals surface area contributed by atoms with Crippen molar-refractivity contribution in [2.24, 2.45) is 0 Å². The third-order valence-corrected chi connectivity index (χ3v) is 5.80. The molecule has 5 nitrogen and oxygen atoms in total. The monoisotopic (exact) mass is 383 g/mol. The Bertz CT molecular complexity index is 1120. The van der Waals surface area contributed by atoms with E-state index in [0.717, 1.165) is 54.4 Å². The van der Waals surface area contributed by atoms with E-state index in [4.69, 9.17) is 9.97 Å². The van der Waals surface area contributed by atoms with Crippen LogP contribution in [0.2, 0.25) is 0 Å². The highest BCUT2D eigenvalue weighted by Gasteiger charge is 2.24. The van der Waals surface area contributed by atoms with Gasteiger partial charge in [-0.3, -0.25) is 0 Å². The van der Waals surface area contributed by atoms with E-state index in [1.807, 2.05) is 18.3 Å². The van der Waals surface area contributed by atoms with Gasteiger partial charge in [0.05, 0.1) is 16.6 Å². The Balaban J connectivity index is 1.73. The number of piperazine rings is 1. The summed E-state index contributed by atoms with van der Waals surface area (Å²) in [6.07, 6.45) is 1.93. The quantitative estimate of drug-likeness (QED) is 0.571. The summed E-state index contributed by atoms with van der Waals surface area (Å²) in [6, 6.07) is 18.8. The molecule has 146 valence electrons. The van der Waals surface area contributed by atoms with E-state index in [0.29, 0.717) is 0 Å². The number of imidazole rings is 1. The molecule has 0 unspecified atom stereocenters. The van der Waals surface area contributed by atoms with Crippen LogP contribution in [0, 0.1) is 6.92 Å². The molecular weight excluding hydrogens is 358 g/mol. The summed E-state index contributed by atoms with van der Waals surface area (Å²) in [5, 5.41) is 0. The zero-order valence-electron chi connectivity index (χ0n) is 16.9. The number of nitrogens with zero attached hydrogens (tertiary/aromatic N) is 4. The lowest BCUT2D eigenvalue weighted by Crippen LogP contribution is -2.45. The second kappa shape index (κ2) is 7.33. The lowest BCUT2D eigenvalue weighted by atomic mass is 9.96. The minimum Gasteiger partial charge on any atom is -0.353 e. The van der Waals surface area contributed by atoms with E-state index in [1.165, 1.54) is 16.7 Å². The van der Waals surface area contributed by atoms with Crippen molar-refractivity contribution in [2.45, 2.75) is 6.92 Å². The van der Waals surface area contributed by atoms with Gasteiger partial charge in [0.1, 0.15) is 11.6 Å². The molecule has 5 heteroatoms. The van der Waals surface area contributed by atoms with Crippen molar-refractivity contribution in [1.29, 1.82) is 0 Å². The molecule has 1 fully saturated rings. The van der Waals surface area contributed by atoms with Gasteiger partial charge in [0.25, 0.3) is 0 Å². The van der Waals surface area contributed by atoms with Gasteiger partial charge in [-0.05, 0) is 48.9 Å². The average molecular weight is 383 g/mol. The predicted octanol–water partition coefficient (Wildman–Crippen LogP) is 4.35. The number of aryl methyl sites for hydroxylation is 1. The number of hydrogen-bond donors (Lipinski definition) is 1. The van der Waals surface area contributed by atoms with Crippen LogP contribution in [0.4, 0.5) is 5.82 Å². The molecule has 5 rings (SSSR count). The minimum atomic E-state index is 0.881. The molecule has 0 atom stereocenters. The molecule has 0 aliphatic carbocycles. The van der Waals surface area contributed by atoms with Crippen molar-refractivity contribution >= 4 is 16.9 Å². The maximum Gasteiger partial charge on any atom is 0.142 e. The number of pyridine rings is 1. The lowest BCUT2D eigenvalue weighted by molar-refractivity contribution is 0.312. The number of nitrogens with one attached hydrogen (secondary N) is 1. The number of hydrogen-bond acceptors (Lipinski definition) is 4. The van der Waals surface area contributed by atoms with Crippen LogP contribution < -0.4 is 4.90 Å². The number of aromatic nitrogens is 3. The van der Waals surface area contributed by atoms with Gasteiger partial charge in [0.15, 0.2) is 0 Å². The Labute approximate surface area is 171 Å². The van der Waals surface area contributed by atoms with Gasteiger partial charge in [-0.1, -0.05) is 36.4 Å². The summed E-state index contributed by atoms with van der Waals surface area (Å²) in [7, 11) is 2.18. The van der Waals surface area contributed by atoms with Crippen LogP contribution in [-0.4, -0.2) is 53.1 Å². The molecule has 0 radical (unpaired) electrons. The van der Waals surface area contributed by atoms with E-state index in [9.17, 15) is 0 Å². The fourth-order valence-corrected chi connectivity index (χ4v) is 4.11. The normalized spacial score (nSPS) is 15.2. The molecule has 1 aliphatic rings. The van der Waals surface area contributed by atoms with Crippen LogP contribution in [0.15, 0.2) is 60.8 Å². The fraction of sp³-hybridized carbons (Fsp3) is 0.250. The molecule has 1 saturated heterocycles. The van der Waals surface area contributed by atoms with Crippen molar-refractivity contribution in [3.8, 4) is 22.5 Å². The van der Waals surface area contributed by atoms with E-state index in [1.54, 1.807) is 0 Å². The second-order valence-electron chi connectivity index (χ2n) is 7.76. The molecule has 0 amide bonds. The third kappa shape index (κ3) is 3.28. The lowest BCUT2D eigenvalue weighted by Gasteiger charge is -2.34. The Morgan fingerprint density at radius 1 is 0.862 bits per heavy atom. The smallest absolute Gasteiger partial charge is 0.142 e. The molecule has 4 aromatic rings. The first-order valence-corrected chi connectivity index (χ1v) is 10.1. The number of para-hydroxylation sites is 2. The Hall–Kier alpha value is -3.18. The van der Waals surface area contributed by atoms with Crippen LogP contribution in [0.5, 0.6) is 0 Å². The van der Waals surface area contributed by atoms with E-state index in [-0.39, 0.29) is 0 Å². The topological polar surface area (TPSA) is 48.1 Å². The van der Waals surface area contributed by atoms with Gasteiger partial charge in [0, 0.05) is 32.4 Å². The molecular formula is C24H25N5. The first-order valence-electron chi connectivity index (χ1n) is 10.1. The number of rotatable bonds is 3. The zero-order chi connectivity index (χ0) is 19.8. The number of anilines is 1. The Morgan fingerprint density at radius 3 is 2.41 bits per heavy atom. The number of aromatic amines is 1. The van der Waals surface area contributed by atoms with Crippen molar-refractivity contribution in [1.82, 2.24) is 19.9 Å². The number of benzene rings is 2. The molecule has 3 heterocycles. The highest BCUT2D eigenvalue weighted by Crippen LogP contribution is 2.39. The summed E-state index contributed by atoms with van der Waals surface area (Å²) in [6.45, 7) is 6.17. The molecule has 0 spiro atoms. The van der Waals surface area contributed by atoms with E-state index >= 15 is 0 Å². The molecule has 0 saturated carbocycles. The Kier molecular flexibility index (Phi) is 4.52. The molecule has 0 bridgehead atoms. The largest absolute Gasteiger partial charge is 0.353 e. The van der Waals surface area contributed by atoms with Gasteiger partial charge in [-0.15, -0.1) is 0 Å². The van der Waals surface area contributed by atoms with Crippen molar-refractivity contribution in [3.05, 3.63) is 66.4 Å². The van der Waals surface area contributed by atoms with Crippen molar-refractivity contribution < 1.29 is 0 Å². The summed E-state index contributed by atoms with van der Waals surface area (Å²) < 4.78 is 0. The van der Waals surface area contributed by atoms with Crippen LogP contribution in [0.3, 0.4) is 0 Å². The average Bonchev–Trinajstić information content (AvgIpc) is 3.18. The number of likely N-dealkylation sites (N-methyl/N-ethyl adjacent to an activating group) is 1. The van der Waals surface area contributed by atoms with Crippen LogP contribution >= 0.6 is 0 Å². The maximum absolute atomic E-state index is 4.94. The minimum absolute atomic E-state index is 0.881. The second-order valence-corrected chi connectivity index (χ2v) is 7.76. The van der Waals surface area contributed by atoms with Crippen LogP contribution in [-0.2, 0) is 0 Å². The summed E-state index contributed by atoms with van der Waals surface area (Å²) in [4.78, 5) is 18.1. The van der Waals surface area contributed by atoms with Crippen LogP contribution in [0.25, 0.3) is 33.5 Å². The number of H-pyrrole nitrogens is 1. The standard InChI is InChI=1S/C24H25N5/c1-17-7-3-4-8-18(17)19-11-12-25-24(29-15-13-28(2)14-16-29)22(19)23-26-20-9-5-6-10-21(20)27-23/h3-12H,13-16H2,1-2H3,(H,26,27). The molecule has 29 heavy (non-hydrogen) atoms. The summed E-state index contributed by atoms with van der Waals surface area (Å²) >= 11 is 0. The van der Waals surface area contributed by atoms with Crippen molar-refractivity contribution in [2.75, 3.05) is 38.1 Å². The zero-order valence-corrected chi connectivity index (χ0v) is 16.9. The Morgan fingerprint density at radius 2 is 1.62 bits per heavy atom. The van der Waals surface area contributed by atoms with Gasteiger partial charge in [0.2, 0.25) is 0 Å². The molecule has 1 N–H and O–H groups in total. The molecule has 1 aliphatic heterocycles. The van der Waals surface area contributed by atoms with Gasteiger partial charge in [-0.25, -0.2) is 9.97 Å². The highest BCUT2D eigenvalue weighted by molar-refractivity contribution is 5.92. The summed E-state index contributed by atoms with van der Waals surface area (Å²) in [5.74, 6) is 1.89. The maximum atomic E-state index is 4.94. The van der Waals surface area contributed by atoms with Gasteiger partial charge >= 0.3 is 0 Å². The van der Waals surface area contributed by atoms with Gasteiger partial charge < -0.3 is 14.8 Å². The fourth-order valence-electron chi connectivity index (χ4n) is 4.11. The predicted molar refractivity (Wildman–Crippen MR) is 119 cm³/mol. The van der Waals surface area contributed by atoms with Crippen molar-refractivity contribution in [3.63, 3.8) is 0 Å². The van der Waals surface area contributed by atoms with E-state index in [2.05, 4.69) is 71.2 Å². The third-order valence-electron chi connectivity index (χ3n) is 5.80.